The lowest BCUT2D eigenvalue weighted by atomic mass is 10.3. The summed E-state index contributed by atoms with van der Waals surface area (Å²) in [6, 6.07) is 5.71. The third kappa shape index (κ3) is 2.89. The van der Waals surface area contributed by atoms with Crippen LogP contribution in [0.3, 0.4) is 0 Å². The summed E-state index contributed by atoms with van der Waals surface area (Å²) in [5, 5.41) is 0. The molecule has 1 fully saturated rings. The molecule has 16 heavy (non-hydrogen) atoms. The number of nitrogens with two attached hydrogens (primary N) is 1. The molecule has 0 bridgehead atoms. The van der Waals surface area contributed by atoms with E-state index in [1.807, 2.05) is 18.2 Å². The van der Waals surface area contributed by atoms with Crippen LogP contribution in [0.5, 0.6) is 5.75 Å². The van der Waals surface area contributed by atoms with Crippen molar-refractivity contribution >= 4 is 21.6 Å². The van der Waals surface area contributed by atoms with Crippen molar-refractivity contribution in [3.05, 3.63) is 22.7 Å². The van der Waals surface area contributed by atoms with Crippen LogP contribution in [0.1, 0.15) is 12.8 Å². The summed E-state index contributed by atoms with van der Waals surface area (Å²) in [5.41, 5.74) is 6.54. The van der Waals surface area contributed by atoms with Gasteiger partial charge in [-0.05, 0) is 54.0 Å². The van der Waals surface area contributed by atoms with Crippen LogP contribution in [-0.2, 0) is 0 Å². The molecule has 1 saturated heterocycles. The third-order valence-electron chi connectivity index (χ3n) is 2.85. The zero-order valence-corrected chi connectivity index (χ0v) is 10.9. The van der Waals surface area contributed by atoms with Crippen molar-refractivity contribution in [2.24, 2.45) is 0 Å². The Morgan fingerprint density at radius 2 is 2.06 bits per heavy atom. The van der Waals surface area contributed by atoms with Crippen LogP contribution in [0.15, 0.2) is 22.7 Å². The summed E-state index contributed by atoms with van der Waals surface area (Å²) >= 11 is 3.44. The first-order valence-corrected chi connectivity index (χ1v) is 6.46. The standard InChI is InChI=1S/C12H17BrN2O/c13-10-4-3-5-11(14)12(10)16-9-8-15-6-1-2-7-15/h3-5H,1-2,6-9,14H2. The highest BCUT2D eigenvalue weighted by molar-refractivity contribution is 9.10. The van der Waals surface area contributed by atoms with Crippen molar-refractivity contribution in [2.75, 3.05) is 32.0 Å². The summed E-state index contributed by atoms with van der Waals surface area (Å²) < 4.78 is 6.64. The van der Waals surface area contributed by atoms with E-state index in [-0.39, 0.29) is 0 Å². The molecule has 3 nitrogen and oxygen atoms in total. The normalized spacial score (nSPS) is 16.6. The van der Waals surface area contributed by atoms with Gasteiger partial charge in [0.05, 0.1) is 10.2 Å². The highest BCUT2D eigenvalue weighted by Gasteiger charge is 2.11. The van der Waals surface area contributed by atoms with Gasteiger partial charge in [-0.2, -0.15) is 0 Å². The number of likely N-dealkylation sites (tertiary alicyclic amines) is 1. The number of nitrogens with zero attached hydrogens (tertiary/aromatic N) is 1. The highest BCUT2D eigenvalue weighted by atomic mass is 79.9. The maximum atomic E-state index is 5.85. The molecule has 0 unspecified atom stereocenters. The Bertz CT molecular complexity index is 331. The number of hydrogen-bond donors (Lipinski definition) is 1. The monoisotopic (exact) mass is 284 g/mol. The van der Waals surface area contributed by atoms with Gasteiger partial charge in [0.25, 0.3) is 0 Å². The maximum absolute atomic E-state index is 5.85. The average molecular weight is 285 g/mol. The molecule has 0 radical (unpaired) electrons. The van der Waals surface area contributed by atoms with Crippen molar-refractivity contribution in [3.8, 4) is 5.75 Å². The van der Waals surface area contributed by atoms with Crippen LogP contribution in [0.2, 0.25) is 0 Å². The first kappa shape index (κ1) is 11.7. The number of halogens is 1. The molecule has 4 heteroatoms. The quantitative estimate of drug-likeness (QED) is 0.864. The lowest BCUT2D eigenvalue weighted by Crippen LogP contribution is -2.25. The predicted molar refractivity (Wildman–Crippen MR) is 69.7 cm³/mol. The Labute approximate surface area is 105 Å². The molecule has 88 valence electrons. The van der Waals surface area contributed by atoms with Gasteiger partial charge in [0.2, 0.25) is 0 Å². The molecular weight excluding hydrogens is 268 g/mol. The predicted octanol–water partition coefficient (Wildman–Crippen LogP) is 2.51. The SMILES string of the molecule is Nc1cccc(Br)c1OCCN1CCCC1. The molecule has 1 heterocycles. The first-order valence-electron chi connectivity index (χ1n) is 5.66. The van der Waals surface area contributed by atoms with Crippen molar-refractivity contribution in [2.45, 2.75) is 12.8 Å². The second kappa shape index (κ2) is 5.55. The molecule has 0 atom stereocenters. The number of para-hydroxylation sites is 1. The van der Waals surface area contributed by atoms with Crippen molar-refractivity contribution in [1.82, 2.24) is 4.90 Å². The minimum Gasteiger partial charge on any atom is -0.489 e. The maximum Gasteiger partial charge on any atom is 0.156 e. The van der Waals surface area contributed by atoms with Crippen molar-refractivity contribution in [1.29, 1.82) is 0 Å². The van der Waals surface area contributed by atoms with Crippen LogP contribution < -0.4 is 10.5 Å². The van der Waals surface area contributed by atoms with E-state index in [4.69, 9.17) is 10.5 Å². The molecule has 0 spiro atoms. The fourth-order valence-corrected chi connectivity index (χ4v) is 2.46. The highest BCUT2D eigenvalue weighted by Crippen LogP contribution is 2.30. The van der Waals surface area contributed by atoms with E-state index < -0.39 is 0 Å². The second-order valence-electron chi connectivity index (χ2n) is 4.06. The van der Waals surface area contributed by atoms with E-state index in [1.54, 1.807) is 0 Å². The van der Waals surface area contributed by atoms with Crippen molar-refractivity contribution in [3.63, 3.8) is 0 Å². The van der Waals surface area contributed by atoms with Crippen LogP contribution in [0.4, 0.5) is 5.69 Å². The van der Waals surface area contributed by atoms with Gasteiger partial charge in [-0.15, -0.1) is 0 Å². The Kier molecular flexibility index (Phi) is 4.07. The van der Waals surface area contributed by atoms with E-state index >= 15 is 0 Å². The zero-order chi connectivity index (χ0) is 11.4. The fourth-order valence-electron chi connectivity index (χ4n) is 1.96. The van der Waals surface area contributed by atoms with Crippen LogP contribution in [0.25, 0.3) is 0 Å². The van der Waals surface area contributed by atoms with Gasteiger partial charge >= 0.3 is 0 Å². The summed E-state index contributed by atoms with van der Waals surface area (Å²) in [4.78, 5) is 2.42. The Balaban J connectivity index is 1.84. The topological polar surface area (TPSA) is 38.5 Å². The van der Waals surface area contributed by atoms with Gasteiger partial charge < -0.3 is 10.5 Å². The molecule has 1 aromatic carbocycles. The van der Waals surface area contributed by atoms with Gasteiger partial charge in [0.1, 0.15) is 6.61 Å². The zero-order valence-electron chi connectivity index (χ0n) is 9.29. The molecule has 1 aromatic rings. The largest absolute Gasteiger partial charge is 0.489 e. The Hall–Kier alpha value is -0.740. The van der Waals surface area contributed by atoms with Gasteiger partial charge in [0, 0.05) is 6.54 Å². The van der Waals surface area contributed by atoms with E-state index in [0.717, 1.165) is 16.8 Å². The smallest absolute Gasteiger partial charge is 0.156 e. The molecule has 0 aliphatic carbocycles. The fraction of sp³-hybridized carbons (Fsp3) is 0.500. The second-order valence-corrected chi connectivity index (χ2v) is 4.91. The molecule has 0 aromatic heterocycles. The summed E-state index contributed by atoms with van der Waals surface area (Å²) in [5.74, 6) is 0.765. The summed E-state index contributed by atoms with van der Waals surface area (Å²) in [6.45, 7) is 4.09. The summed E-state index contributed by atoms with van der Waals surface area (Å²) in [7, 11) is 0. The average Bonchev–Trinajstić information content (AvgIpc) is 2.75. The number of anilines is 1. The Morgan fingerprint density at radius 1 is 1.31 bits per heavy atom. The third-order valence-corrected chi connectivity index (χ3v) is 3.47. The molecule has 2 N–H and O–H groups in total. The van der Waals surface area contributed by atoms with Crippen LogP contribution >= 0.6 is 15.9 Å². The minimum atomic E-state index is 0.691. The van der Waals surface area contributed by atoms with Crippen LogP contribution in [-0.4, -0.2) is 31.1 Å². The lowest BCUT2D eigenvalue weighted by molar-refractivity contribution is 0.237. The molecule has 1 aliphatic rings. The van der Waals surface area contributed by atoms with Crippen LogP contribution in [0, 0.1) is 0 Å². The summed E-state index contributed by atoms with van der Waals surface area (Å²) in [6.07, 6.45) is 2.63. The molecule has 1 aliphatic heterocycles. The van der Waals surface area contributed by atoms with E-state index in [0.29, 0.717) is 12.3 Å². The number of benzene rings is 1. The number of rotatable bonds is 4. The minimum absolute atomic E-state index is 0.691. The van der Waals surface area contributed by atoms with E-state index in [1.165, 1.54) is 25.9 Å². The molecule has 2 rings (SSSR count). The number of nitrogen functional groups attached to an aromatic ring is 1. The molecule has 0 saturated carbocycles. The van der Waals surface area contributed by atoms with Crippen molar-refractivity contribution < 1.29 is 4.74 Å². The Morgan fingerprint density at radius 3 is 2.75 bits per heavy atom. The molecule has 0 amide bonds. The number of ether oxygens (including phenoxy) is 1. The van der Waals surface area contributed by atoms with Gasteiger partial charge in [0.15, 0.2) is 5.75 Å². The first-order chi connectivity index (χ1) is 7.77. The molecular formula is C12H17BrN2O. The van der Waals surface area contributed by atoms with Gasteiger partial charge in [-0.25, -0.2) is 0 Å². The van der Waals surface area contributed by atoms with E-state index in [9.17, 15) is 0 Å². The number of hydrogen-bond acceptors (Lipinski definition) is 3. The van der Waals surface area contributed by atoms with E-state index in [2.05, 4.69) is 20.8 Å². The van der Waals surface area contributed by atoms with Gasteiger partial charge in [-0.1, -0.05) is 6.07 Å². The van der Waals surface area contributed by atoms with Gasteiger partial charge in [-0.3, -0.25) is 4.90 Å². The lowest BCUT2D eigenvalue weighted by Gasteiger charge is -2.16.